The van der Waals surface area contributed by atoms with E-state index in [-0.39, 0.29) is 0 Å². The van der Waals surface area contributed by atoms with Crippen LogP contribution in [0.4, 0.5) is 0 Å². The van der Waals surface area contributed by atoms with Crippen molar-refractivity contribution in [2.75, 3.05) is 32.7 Å². The molecule has 0 bridgehead atoms. The van der Waals surface area contributed by atoms with Crippen molar-refractivity contribution in [2.24, 2.45) is 0 Å². The predicted molar refractivity (Wildman–Crippen MR) is 87.2 cm³/mol. The monoisotopic (exact) mass is 281 g/mol. The van der Waals surface area contributed by atoms with Gasteiger partial charge in [-0.3, -0.25) is 4.90 Å². The largest absolute Gasteiger partial charge is 0.311 e. The van der Waals surface area contributed by atoms with Gasteiger partial charge in [0.25, 0.3) is 0 Å². The smallest absolute Gasteiger partial charge is 0.0125 e. The number of likely N-dealkylation sites (tertiary alicyclic amines) is 2. The summed E-state index contributed by atoms with van der Waals surface area (Å²) in [5.41, 5.74) is 0.344. The van der Waals surface area contributed by atoms with Gasteiger partial charge in [0, 0.05) is 30.7 Å². The average Bonchev–Trinajstić information content (AvgIpc) is 2.41. The fraction of sp³-hybridized carbons (Fsp3) is 1.00. The lowest BCUT2D eigenvalue weighted by molar-refractivity contribution is 0.0894. The van der Waals surface area contributed by atoms with Crippen LogP contribution >= 0.6 is 0 Å². The van der Waals surface area contributed by atoms with E-state index in [4.69, 9.17) is 0 Å². The molecule has 3 nitrogen and oxygen atoms in total. The summed E-state index contributed by atoms with van der Waals surface area (Å²) in [6.07, 6.45) is 6.64. The first kappa shape index (κ1) is 16.3. The minimum absolute atomic E-state index is 0.344. The van der Waals surface area contributed by atoms with Crippen LogP contribution in [0.2, 0.25) is 0 Å². The number of piperidine rings is 2. The maximum atomic E-state index is 3.94. The van der Waals surface area contributed by atoms with Gasteiger partial charge in [-0.05, 0) is 72.5 Å². The first-order valence-corrected chi connectivity index (χ1v) is 8.72. The normalized spacial score (nSPS) is 25.2. The highest BCUT2D eigenvalue weighted by Crippen LogP contribution is 2.21. The Hall–Kier alpha value is -0.120. The van der Waals surface area contributed by atoms with Crippen molar-refractivity contribution in [2.45, 2.75) is 77.4 Å². The van der Waals surface area contributed by atoms with Crippen molar-refractivity contribution in [3.8, 4) is 0 Å². The Labute approximate surface area is 126 Å². The fourth-order valence-electron chi connectivity index (χ4n) is 3.69. The molecule has 1 N–H and O–H groups in total. The number of nitrogens with zero attached hydrogens (tertiary/aromatic N) is 2. The quantitative estimate of drug-likeness (QED) is 0.855. The van der Waals surface area contributed by atoms with Gasteiger partial charge in [0.1, 0.15) is 0 Å². The highest BCUT2D eigenvalue weighted by Gasteiger charge is 2.28. The lowest BCUT2D eigenvalue weighted by atomic mass is 9.96. The van der Waals surface area contributed by atoms with Crippen molar-refractivity contribution in [3.05, 3.63) is 0 Å². The molecular formula is C17H35N3. The van der Waals surface area contributed by atoms with Crippen LogP contribution in [-0.2, 0) is 0 Å². The van der Waals surface area contributed by atoms with E-state index in [0.29, 0.717) is 5.54 Å². The number of rotatable bonds is 4. The molecule has 118 valence electrons. The summed E-state index contributed by atoms with van der Waals surface area (Å²) in [5, 5.41) is 3.94. The zero-order chi connectivity index (χ0) is 14.6. The second-order valence-corrected chi connectivity index (χ2v) is 7.71. The second kappa shape index (κ2) is 7.24. The third kappa shape index (κ3) is 4.71. The molecule has 20 heavy (non-hydrogen) atoms. The zero-order valence-electron chi connectivity index (χ0n) is 14.1. The molecule has 2 rings (SSSR count). The molecule has 2 aliphatic rings. The minimum atomic E-state index is 0.344. The van der Waals surface area contributed by atoms with Crippen LogP contribution in [0.3, 0.4) is 0 Å². The van der Waals surface area contributed by atoms with Crippen LogP contribution in [0, 0.1) is 0 Å². The molecule has 2 fully saturated rings. The van der Waals surface area contributed by atoms with E-state index in [1.807, 2.05) is 0 Å². The summed E-state index contributed by atoms with van der Waals surface area (Å²) >= 11 is 0. The van der Waals surface area contributed by atoms with Crippen molar-refractivity contribution in [1.82, 2.24) is 15.1 Å². The highest BCUT2D eigenvalue weighted by atomic mass is 15.2. The molecule has 0 aliphatic carbocycles. The molecule has 0 amide bonds. The van der Waals surface area contributed by atoms with E-state index in [9.17, 15) is 0 Å². The lowest BCUT2D eigenvalue weighted by Crippen LogP contribution is -2.53. The molecule has 0 radical (unpaired) electrons. The van der Waals surface area contributed by atoms with Crippen LogP contribution in [-0.4, -0.2) is 60.1 Å². The summed E-state index contributed by atoms with van der Waals surface area (Å²) in [5.74, 6) is 0. The third-order valence-electron chi connectivity index (χ3n) is 5.04. The van der Waals surface area contributed by atoms with E-state index in [2.05, 4.69) is 42.8 Å². The Balaban J connectivity index is 1.66. The van der Waals surface area contributed by atoms with Crippen molar-refractivity contribution < 1.29 is 0 Å². The number of hydrogen-bond donors (Lipinski definition) is 1. The number of hydrogen-bond acceptors (Lipinski definition) is 3. The van der Waals surface area contributed by atoms with Crippen molar-refractivity contribution in [3.63, 3.8) is 0 Å². The lowest BCUT2D eigenvalue weighted by Gasteiger charge is -2.42. The molecule has 0 aromatic carbocycles. The summed E-state index contributed by atoms with van der Waals surface area (Å²) in [6, 6.07) is 1.53. The molecule has 2 heterocycles. The van der Waals surface area contributed by atoms with Gasteiger partial charge in [-0.15, -0.1) is 0 Å². The van der Waals surface area contributed by atoms with Crippen LogP contribution in [0.1, 0.15) is 59.8 Å². The molecule has 0 aromatic rings. The standard InChI is InChI=1S/C17H35N3/c1-5-10-19-11-6-15(7-12-19)18-16-8-13-20(14-9-16)17(2,3)4/h15-16,18H,5-14H2,1-4H3. The van der Waals surface area contributed by atoms with Gasteiger partial charge in [0.05, 0.1) is 0 Å². The zero-order valence-corrected chi connectivity index (χ0v) is 14.1. The Morgan fingerprint density at radius 2 is 1.40 bits per heavy atom. The molecule has 3 heteroatoms. The van der Waals surface area contributed by atoms with Gasteiger partial charge in [-0.25, -0.2) is 0 Å². The number of nitrogens with one attached hydrogen (secondary N) is 1. The van der Waals surface area contributed by atoms with Gasteiger partial charge in [-0.1, -0.05) is 6.92 Å². The van der Waals surface area contributed by atoms with Gasteiger partial charge in [-0.2, -0.15) is 0 Å². The minimum Gasteiger partial charge on any atom is -0.311 e. The first-order valence-electron chi connectivity index (χ1n) is 8.72. The molecule has 2 saturated heterocycles. The first-order chi connectivity index (χ1) is 9.49. The van der Waals surface area contributed by atoms with Crippen LogP contribution < -0.4 is 5.32 Å². The van der Waals surface area contributed by atoms with Gasteiger partial charge < -0.3 is 10.2 Å². The van der Waals surface area contributed by atoms with Crippen LogP contribution in [0.25, 0.3) is 0 Å². The summed E-state index contributed by atoms with van der Waals surface area (Å²) in [6.45, 7) is 15.7. The van der Waals surface area contributed by atoms with Gasteiger partial charge in [0.15, 0.2) is 0 Å². The Morgan fingerprint density at radius 1 is 0.900 bits per heavy atom. The average molecular weight is 281 g/mol. The summed E-state index contributed by atoms with van der Waals surface area (Å²) in [7, 11) is 0. The molecular weight excluding hydrogens is 246 g/mol. The topological polar surface area (TPSA) is 18.5 Å². The summed E-state index contributed by atoms with van der Waals surface area (Å²) < 4.78 is 0. The van der Waals surface area contributed by atoms with E-state index < -0.39 is 0 Å². The maximum Gasteiger partial charge on any atom is 0.0125 e. The second-order valence-electron chi connectivity index (χ2n) is 7.71. The molecule has 0 atom stereocenters. The molecule has 0 spiro atoms. The molecule has 2 aliphatic heterocycles. The van der Waals surface area contributed by atoms with E-state index in [0.717, 1.165) is 12.1 Å². The molecule has 0 saturated carbocycles. The van der Waals surface area contributed by atoms with Gasteiger partial charge in [0.2, 0.25) is 0 Å². The molecule has 0 aromatic heterocycles. The Kier molecular flexibility index (Phi) is 5.88. The van der Waals surface area contributed by atoms with E-state index in [1.165, 1.54) is 64.8 Å². The van der Waals surface area contributed by atoms with E-state index >= 15 is 0 Å². The van der Waals surface area contributed by atoms with Crippen LogP contribution in [0.5, 0.6) is 0 Å². The van der Waals surface area contributed by atoms with Crippen molar-refractivity contribution in [1.29, 1.82) is 0 Å². The Morgan fingerprint density at radius 3 is 1.85 bits per heavy atom. The fourth-order valence-corrected chi connectivity index (χ4v) is 3.69. The summed E-state index contributed by atoms with van der Waals surface area (Å²) in [4.78, 5) is 5.26. The highest BCUT2D eigenvalue weighted by molar-refractivity contribution is 4.87. The van der Waals surface area contributed by atoms with Gasteiger partial charge >= 0.3 is 0 Å². The SMILES string of the molecule is CCCN1CCC(NC2CCN(C(C)(C)C)CC2)CC1. The maximum absolute atomic E-state index is 3.94. The van der Waals surface area contributed by atoms with Crippen molar-refractivity contribution >= 4 is 0 Å². The van der Waals surface area contributed by atoms with Crippen LogP contribution in [0.15, 0.2) is 0 Å². The predicted octanol–water partition coefficient (Wildman–Crippen LogP) is 2.71. The third-order valence-corrected chi connectivity index (χ3v) is 5.04. The van der Waals surface area contributed by atoms with E-state index in [1.54, 1.807) is 0 Å². The Bertz CT molecular complexity index is 268. The molecule has 0 unspecified atom stereocenters.